The molecule has 0 spiro atoms. The molecule has 0 saturated carbocycles. The van der Waals surface area contributed by atoms with E-state index in [9.17, 15) is 0 Å². The first-order valence-corrected chi connectivity index (χ1v) is 9.17. The maximum atomic E-state index is 5.41. The SMILES string of the molecule is CCc1noc(CC)c1CNC(=NC)NCCc1ccc(C)c(OC)c1. The van der Waals surface area contributed by atoms with Crippen molar-refractivity contribution < 1.29 is 9.26 Å². The number of benzene rings is 1. The first-order chi connectivity index (χ1) is 12.6. The maximum absolute atomic E-state index is 5.41. The number of guanidine groups is 1. The molecule has 1 aromatic heterocycles. The maximum Gasteiger partial charge on any atom is 0.191 e. The summed E-state index contributed by atoms with van der Waals surface area (Å²) < 4.78 is 10.8. The van der Waals surface area contributed by atoms with E-state index < -0.39 is 0 Å². The van der Waals surface area contributed by atoms with Gasteiger partial charge in [0.2, 0.25) is 0 Å². The molecule has 0 unspecified atom stereocenters. The average molecular weight is 358 g/mol. The number of ether oxygens (including phenoxy) is 1. The first-order valence-electron chi connectivity index (χ1n) is 9.17. The summed E-state index contributed by atoms with van der Waals surface area (Å²) in [4.78, 5) is 4.30. The molecule has 0 amide bonds. The lowest BCUT2D eigenvalue weighted by Crippen LogP contribution is -2.38. The van der Waals surface area contributed by atoms with E-state index in [0.29, 0.717) is 6.54 Å². The highest BCUT2D eigenvalue weighted by Gasteiger charge is 2.13. The van der Waals surface area contributed by atoms with Crippen molar-refractivity contribution >= 4 is 5.96 Å². The summed E-state index contributed by atoms with van der Waals surface area (Å²) in [5.74, 6) is 2.64. The number of aryl methyl sites for hydroxylation is 3. The zero-order chi connectivity index (χ0) is 18.9. The summed E-state index contributed by atoms with van der Waals surface area (Å²) in [6, 6.07) is 6.31. The van der Waals surface area contributed by atoms with Gasteiger partial charge in [0.15, 0.2) is 5.96 Å². The lowest BCUT2D eigenvalue weighted by atomic mass is 10.1. The third-order valence-corrected chi connectivity index (χ3v) is 4.44. The van der Waals surface area contributed by atoms with Gasteiger partial charge in [-0.1, -0.05) is 31.1 Å². The fourth-order valence-corrected chi connectivity index (χ4v) is 2.88. The third-order valence-electron chi connectivity index (χ3n) is 4.44. The molecule has 2 rings (SSSR count). The Hall–Kier alpha value is -2.50. The van der Waals surface area contributed by atoms with Crippen LogP contribution in [0.25, 0.3) is 0 Å². The molecule has 1 heterocycles. The van der Waals surface area contributed by atoms with Crippen LogP contribution in [0.2, 0.25) is 0 Å². The highest BCUT2D eigenvalue weighted by molar-refractivity contribution is 5.79. The topological polar surface area (TPSA) is 71.7 Å². The van der Waals surface area contributed by atoms with Crippen LogP contribution in [0, 0.1) is 6.92 Å². The predicted molar refractivity (Wildman–Crippen MR) is 105 cm³/mol. The number of nitrogens with one attached hydrogen (secondary N) is 2. The van der Waals surface area contributed by atoms with E-state index in [1.807, 2.05) is 6.92 Å². The molecule has 0 atom stereocenters. The van der Waals surface area contributed by atoms with Gasteiger partial charge in [-0.25, -0.2) is 0 Å². The number of rotatable bonds is 8. The summed E-state index contributed by atoms with van der Waals surface area (Å²) in [6.07, 6.45) is 2.60. The molecular weight excluding hydrogens is 328 g/mol. The van der Waals surface area contributed by atoms with Crippen LogP contribution in [0.5, 0.6) is 5.75 Å². The highest BCUT2D eigenvalue weighted by Crippen LogP contribution is 2.19. The molecule has 6 heteroatoms. The fraction of sp³-hybridized carbons (Fsp3) is 0.500. The van der Waals surface area contributed by atoms with Gasteiger partial charge in [0, 0.05) is 32.1 Å². The van der Waals surface area contributed by atoms with Crippen LogP contribution in [-0.4, -0.2) is 31.8 Å². The molecule has 0 saturated heterocycles. The lowest BCUT2D eigenvalue weighted by molar-refractivity contribution is 0.380. The van der Waals surface area contributed by atoms with Gasteiger partial charge in [0.05, 0.1) is 12.8 Å². The Balaban J connectivity index is 1.88. The number of aliphatic imine (C=N–C) groups is 1. The van der Waals surface area contributed by atoms with Crippen molar-refractivity contribution in [2.75, 3.05) is 20.7 Å². The number of nitrogens with zero attached hydrogens (tertiary/aromatic N) is 2. The van der Waals surface area contributed by atoms with Crippen LogP contribution in [0.15, 0.2) is 27.7 Å². The van der Waals surface area contributed by atoms with Crippen LogP contribution >= 0.6 is 0 Å². The van der Waals surface area contributed by atoms with E-state index in [1.54, 1.807) is 14.2 Å². The van der Waals surface area contributed by atoms with E-state index >= 15 is 0 Å². The number of hydrogen-bond donors (Lipinski definition) is 2. The molecule has 0 radical (unpaired) electrons. The van der Waals surface area contributed by atoms with E-state index in [4.69, 9.17) is 9.26 Å². The Morgan fingerprint density at radius 2 is 2.04 bits per heavy atom. The van der Waals surface area contributed by atoms with Crippen molar-refractivity contribution in [2.45, 2.75) is 46.6 Å². The van der Waals surface area contributed by atoms with Gasteiger partial charge in [-0.05, 0) is 37.0 Å². The van der Waals surface area contributed by atoms with Crippen molar-refractivity contribution in [1.82, 2.24) is 15.8 Å². The smallest absolute Gasteiger partial charge is 0.191 e. The van der Waals surface area contributed by atoms with Gasteiger partial charge >= 0.3 is 0 Å². The second-order valence-electron chi connectivity index (χ2n) is 6.14. The molecule has 1 aromatic carbocycles. The molecule has 0 fully saturated rings. The molecule has 142 valence electrons. The Morgan fingerprint density at radius 3 is 2.69 bits per heavy atom. The predicted octanol–water partition coefficient (Wildman–Crippen LogP) is 3.02. The second-order valence-corrected chi connectivity index (χ2v) is 6.14. The summed E-state index contributed by atoms with van der Waals surface area (Å²) in [5.41, 5.74) is 4.53. The Morgan fingerprint density at radius 1 is 1.23 bits per heavy atom. The second kappa shape index (κ2) is 9.85. The summed E-state index contributed by atoms with van der Waals surface area (Å²) in [7, 11) is 3.48. The van der Waals surface area contributed by atoms with Crippen molar-refractivity contribution in [3.8, 4) is 5.75 Å². The fourth-order valence-electron chi connectivity index (χ4n) is 2.88. The quantitative estimate of drug-likeness (QED) is 0.561. The van der Waals surface area contributed by atoms with Gasteiger partial charge < -0.3 is 19.9 Å². The van der Waals surface area contributed by atoms with Gasteiger partial charge in [-0.15, -0.1) is 0 Å². The molecule has 0 aliphatic heterocycles. The zero-order valence-corrected chi connectivity index (χ0v) is 16.5. The van der Waals surface area contributed by atoms with Gasteiger partial charge in [-0.2, -0.15) is 0 Å². The Bertz CT molecular complexity index is 716. The molecule has 0 aliphatic rings. The Labute approximate surface area is 156 Å². The molecule has 2 aromatic rings. The minimum atomic E-state index is 0.661. The van der Waals surface area contributed by atoms with E-state index in [2.05, 4.69) is 52.8 Å². The summed E-state index contributed by atoms with van der Waals surface area (Å²) in [5, 5.41) is 10.9. The van der Waals surface area contributed by atoms with E-state index in [0.717, 1.165) is 60.1 Å². The molecule has 6 nitrogen and oxygen atoms in total. The highest BCUT2D eigenvalue weighted by atomic mass is 16.5. The zero-order valence-electron chi connectivity index (χ0n) is 16.5. The number of hydrogen-bond acceptors (Lipinski definition) is 4. The van der Waals surface area contributed by atoms with Gasteiger partial charge in [0.1, 0.15) is 11.5 Å². The summed E-state index contributed by atoms with van der Waals surface area (Å²) in [6.45, 7) is 7.66. The Kier molecular flexibility index (Phi) is 7.51. The van der Waals surface area contributed by atoms with Crippen LogP contribution < -0.4 is 15.4 Å². The standard InChI is InChI=1S/C20H30N4O2/c1-6-17-16(18(7-2)26-24-17)13-23-20(21-4)22-11-10-15-9-8-14(3)19(12-15)25-5/h8-9,12H,6-7,10-11,13H2,1-5H3,(H2,21,22,23). The van der Waals surface area contributed by atoms with Gasteiger partial charge in [0.25, 0.3) is 0 Å². The van der Waals surface area contributed by atoms with Crippen molar-refractivity contribution in [1.29, 1.82) is 0 Å². The minimum absolute atomic E-state index is 0.661. The molecule has 2 N–H and O–H groups in total. The summed E-state index contributed by atoms with van der Waals surface area (Å²) >= 11 is 0. The van der Waals surface area contributed by atoms with Crippen molar-refractivity contribution in [3.63, 3.8) is 0 Å². The third kappa shape index (κ3) is 5.00. The molecule has 0 bridgehead atoms. The largest absolute Gasteiger partial charge is 0.496 e. The van der Waals surface area contributed by atoms with E-state index in [-0.39, 0.29) is 0 Å². The van der Waals surface area contributed by atoms with Crippen LogP contribution in [0.3, 0.4) is 0 Å². The number of methoxy groups -OCH3 is 1. The number of aromatic nitrogens is 1. The normalized spacial score (nSPS) is 11.5. The van der Waals surface area contributed by atoms with E-state index in [1.165, 1.54) is 5.56 Å². The average Bonchev–Trinajstić information content (AvgIpc) is 3.07. The van der Waals surface area contributed by atoms with Crippen LogP contribution in [0.4, 0.5) is 0 Å². The molecule has 26 heavy (non-hydrogen) atoms. The van der Waals surface area contributed by atoms with Gasteiger partial charge in [-0.3, -0.25) is 4.99 Å². The van der Waals surface area contributed by atoms with Crippen LogP contribution in [-0.2, 0) is 25.8 Å². The molecule has 0 aliphatic carbocycles. The van der Waals surface area contributed by atoms with Crippen molar-refractivity contribution in [2.24, 2.45) is 4.99 Å². The lowest BCUT2D eigenvalue weighted by Gasteiger charge is -2.13. The monoisotopic (exact) mass is 358 g/mol. The van der Waals surface area contributed by atoms with Crippen LogP contribution in [0.1, 0.15) is 42.0 Å². The molecular formula is C20H30N4O2. The van der Waals surface area contributed by atoms with Crippen molar-refractivity contribution in [3.05, 3.63) is 46.3 Å². The first kappa shape index (κ1) is 19.8. The minimum Gasteiger partial charge on any atom is -0.496 e.